The molecule has 1 aliphatic heterocycles. The Morgan fingerprint density at radius 1 is 1.00 bits per heavy atom. The van der Waals surface area contributed by atoms with Crippen molar-refractivity contribution in [3.8, 4) is 5.75 Å². The van der Waals surface area contributed by atoms with E-state index in [1.807, 2.05) is 0 Å². The maximum atomic E-state index is 13.4. The van der Waals surface area contributed by atoms with Crippen LogP contribution in [0.5, 0.6) is 5.75 Å². The zero-order valence-corrected chi connectivity index (χ0v) is 17.1. The number of anilines is 1. The van der Waals surface area contributed by atoms with Gasteiger partial charge in [0.15, 0.2) is 0 Å². The topological polar surface area (TPSA) is 59.5 Å². The first-order valence-corrected chi connectivity index (χ1v) is 9.70. The Morgan fingerprint density at radius 2 is 1.64 bits per heavy atom. The van der Waals surface area contributed by atoms with Crippen LogP contribution in [0.3, 0.4) is 0 Å². The summed E-state index contributed by atoms with van der Waals surface area (Å²) >= 11 is 5.89. The van der Waals surface area contributed by atoms with Gasteiger partial charge in [0.2, 0.25) is 5.91 Å². The lowest BCUT2D eigenvalue weighted by molar-refractivity contribution is -0.138. The molecule has 170 valence electrons. The molecule has 1 atom stereocenters. The molecule has 0 N–H and O–H groups in total. The molecule has 1 aliphatic rings. The number of hydrogen-bond acceptors (Lipinski definition) is 4. The van der Waals surface area contributed by atoms with E-state index in [4.69, 9.17) is 11.6 Å². The number of benzene rings is 2. The average molecular weight is 483 g/mol. The van der Waals surface area contributed by atoms with Gasteiger partial charge >= 0.3 is 12.8 Å². The minimum atomic E-state index is -4.74. The van der Waals surface area contributed by atoms with Gasteiger partial charge < -0.3 is 4.74 Å². The standard InChI is InChI=1S/C22H12ClF5N2O3/c23-13-3-1-11(2-4-13)17-16-9-12(22(26,27)28)10-29-18(16)20(32)30(19(17)31)14-5-7-15(8-6-14)33-21(24)25/h1-10,17,21H. The highest BCUT2D eigenvalue weighted by Crippen LogP contribution is 2.39. The van der Waals surface area contributed by atoms with Crippen LogP contribution in [0, 0.1) is 0 Å². The van der Waals surface area contributed by atoms with Crippen molar-refractivity contribution in [1.82, 2.24) is 4.98 Å². The molecule has 1 unspecified atom stereocenters. The third-order valence-electron chi connectivity index (χ3n) is 4.95. The summed E-state index contributed by atoms with van der Waals surface area (Å²) in [5.74, 6) is -3.27. The third kappa shape index (κ3) is 4.38. The van der Waals surface area contributed by atoms with Crippen molar-refractivity contribution >= 4 is 29.1 Å². The summed E-state index contributed by atoms with van der Waals surface area (Å²) in [6.45, 7) is -3.07. The summed E-state index contributed by atoms with van der Waals surface area (Å²) in [5, 5.41) is 0.340. The molecular weight excluding hydrogens is 471 g/mol. The van der Waals surface area contributed by atoms with E-state index in [1.165, 1.54) is 36.4 Å². The summed E-state index contributed by atoms with van der Waals surface area (Å²) in [7, 11) is 0. The van der Waals surface area contributed by atoms with Gasteiger partial charge in [-0.1, -0.05) is 23.7 Å². The Bertz CT molecular complexity index is 1210. The number of pyridine rings is 1. The lowest BCUT2D eigenvalue weighted by atomic mass is 9.84. The minimum absolute atomic E-state index is 0.0120. The third-order valence-corrected chi connectivity index (χ3v) is 5.20. The summed E-state index contributed by atoms with van der Waals surface area (Å²) in [4.78, 5) is 30.9. The van der Waals surface area contributed by atoms with Gasteiger partial charge in [-0.15, -0.1) is 0 Å². The fraction of sp³-hybridized carbons (Fsp3) is 0.136. The van der Waals surface area contributed by atoms with Gasteiger partial charge in [0.1, 0.15) is 11.4 Å². The number of ether oxygens (including phenoxy) is 1. The van der Waals surface area contributed by atoms with E-state index < -0.39 is 36.1 Å². The first-order chi connectivity index (χ1) is 15.6. The molecular formula is C22H12ClF5N2O3. The monoisotopic (exact) mass is 482 g/mol. The fourth-order valence-corrected chi connectivity index (χ4v) is 3.63. The molecule has 4 rings (SSSR count). The first kappa shape index (κ1) is 22.7. The quantitative estimate of drug-likeness (QED) is 0.355. The predicted octanol–water partition coefficient (Wildman–Crippen LogP) is 5.67. The fourth-order valence-electron chi connectivity index (χ4n) is 3.50. The molecule has 0 radical (unpaired) electrons. The molecule has 3 aromatic rings. The lowest BCUT2D eigenvalue weighted by Crippen LogP contribution is -2.46. The molecule has 2 heterocycles. The second kappa shape index (κ2) is 8.43. The van der Waals surface area contributed by atoms with Crippen molar-refractivity contribution < 1.29 is 36.3 Å². The Kier molecular flexibility index (Phi) is 5.79. The van der Waals surface area contributed by atoms with Crippen molar-refractivity contribution in [2.75, 3.05) is 4.90 Å². The second-order valence-corrected chi connectivity index (χ2v) is 7.43. The Labute approximate surface area is 188 Å². The van der Waals surface area contributed by atoms with Gasteiger partial charge in [-0.25, -0.2) is 4.90 Å². The SMILES string of the molecule is O=C1c2ncc(C(F)(F)F)cc2C(c2ccc(Cl)cc2)C(=O)N1c1ccc(OC(F)F)cc1. The number of rotatable bonds is 4. The van der Waals surface area contributed by atoms with Crippen LogP contribution in [0.2, 0.25) is 5.02 Å². The van der Waals surface area contributed by atoms with Crippen LogP contribution in [0.1, 0.15) is 33.1 Å². The number of halogens is 6. The molecule has 11 heteroatoms. The number of amides is 2. The maximum Gasteiger partial charge on any atom is 0.417 e. The summed E-state index contributed by atoms with van der Waals surface area (Å²) < 4.78 is 69.0. The molecule has 0 saturated heterocycles. The highest BCUT2D eigenvalue weighted by molar-refractivity contribution is 6.30. The Balaban J connectivity index is 1.85. The normalized spacial score (nSPS) is 16.2. The van der Waals surface area contributed by atoms with Crippen molar-refractivity contribution in [2.24, 2.45) is 0 Å². The molecule has 0 fully saturated rings. The maximum absolute atomic E-state index is 13.4. The highest BCUT2D eigenvalue weighted by atomic mass is 35.5. The molecule has 2 aromatic carbocycles. The smallest absolute Gasteiger partial charge is 0.417 e. The lowest BCUT2D eigenvalue weighted by Gasteiger charge is -2.32. The zero-order chi connectivity index (χ0) is 23.9. The van der Waals surface area contributed by atoms with Crippen LogP contribution >= 0.6 is 11.6 Å². The van der Waals surface area contributed by atoms with Gasteiger partial charge in [0.05, 0.1) is 17.2 Å². The van der Waals surface area contributed by atoms with Crippen LogP contribution in [0.4, 0.5) is 27.6 Å². The molecule has 0 saturated carbocycles. The highest BCUT2D eigenvalue weighted by Gasteiger charge is 2.43. The van der Waals surface area contributed by atoms with E-state index in [0.29, 0.717) is 16.8 Å². The molecule has 0 spiro atoms. The number of aromatic nitrogens is 1. The van der Waals surface area contributed by atoms with E-state index >= 15 is 0 Å². The minimum Gasteiger partial charge on any atom is -0.435 e. The Morgan fingerprint density at radius 3 is 2.21 bits per heavy atom. The van der Waals surface area contributed by atoms with Crippen molar-refractivity contribution in [3.05, 3.63) is 88.2 Å². The number of carbonyl (C=O) groups is 2. The van der Waals surface area contributed by atoms with Gasteiger partial charge in [0, 0.05) is 16.8 Å². The van der Waals surface area contributed by atoms with Gasteiger partial charge in [-0.3, -0.25) is 14.6 Å². The van der Waals surface area contributed by atoms with E-state index in [1.54, 1.807) is 0 Å². The van der Waals surface area contributed by atoms with E-state index in [9.17, 15) is 31.5 Å². The molecule has 33 heavy (non-hydrogen) atoms. The zero-order valence-electron chi connectivity index (χ0n) is 16.3. The summed E-state index contributed by atoms with van der Waals surface area (Å²) in [5.41, 5.74) is -1.34. The van der Waals surface area contributed by atoms with Gasteiger partial charge in [-0.05, 0) is 48.0 Å². The van der Waals surface area contributed by atoms with Crippen LogP contribution in [0.25, 0.3) is 0 Å². The van der Waals surface area contributed by atoms with Gasteiger partial charge in [0.25, 0.3) is 5.91 Å². The van der Waals surface area contributed by atoms with Crippen molar-refractivity contribution in [3.63, 3.8) is 0 Å². The molecule has 5 nitrogen and oxygen atoms in total. The van der Waals surface area contributed by atoms with Crippen LogP contribution in [-0.4, -0.2) is 23.4 Å². The number of nitrogens with zero attached hydrogens (tertiary/aromatic N) is 2. The number of fused-ring (bicyclic) bond motifs is 1. The van der Waals surface area contributed by atoms with Crippen LogP contribution in [0.15, 0.2) is 60.8 Å². The molecule has 2 amide bonds. The van der Waals surface area contributed by atoms with E-state index in [2.05, 4.69) is 9.72 Å². The molecule has 0 bridgehead atoms. The number of alkyl halides is 5. The van der Waals surface area contributed by atoms with Crippen LogP contribution < -0.4 is 9.64 Å². The number of carbonyl (C=O) groups excluding carboxylic acids is 2. The van der Waals surface area contributed by atoms with Gasteiger partial charge in [-0.2, -0.15) is 22.0 Å². The summed E-state index contributed by atoms with van der Waals surface area (Å²) in [6.07, 6.45) is -4.22. The second-order valence-electron chi connectivity index (χ2n) is 7.00. The molecule has 1 aromatic heterocycles. The van der Waals surface area contributed by atoms with Crippen molar-refractivity contribution in [1.29, 1.82) is 0 Å². The van der Waals surface area contributed by atoms with Crippen molar-refractivity contribution in [2.45, 2.75) is 18.7 Å². The Hall–Kier alpha value is -3.53. The summed E-state index contributed by atoms with van der Waals surface area (Å²) in [6, 6.07) is 11.3. The number of imide groups is 1. The molecule has 0 aliphatic carbocycles. The van der Waals surface area contributed by atoms with E-state index in [-0.39, 0.29) is 22.7 Å². The predicted molar refractivity (Wildman–Crippen MR) is 107 cm³/mol. The average Bonchev–Trinajstić information content (AvgIpc) is 2.75. The van der Waals surface area contributed by atoms with Crippen LogP contribution in [-0.2, 0) is 11.0 Å². The largest absolute Gasteiger partial charge is 0.435 e. The first-order valence-electron chi connectivity index (χ1n) is 9.32. The number of hydrogen-bond donors (Lipinski definition) is 0. The van der Waals surface area contributed by atoms with E-state index in [0.717, 1.165) is 23.1 Å².